The van der Waals surface area contributed by atoms with Gasteiger partial charge in [0.05, 0.1) is 5.69 Å². The third-order valence-electron chi connectivity index (χ3n) is 1.67. The molecule has 0 amide bonds. The van der Waals surface area contributed by atoms with Crippen molar-refractivity contribution in [2.45, 2.75) is 0 Å². The third-order valence-corrected chi connectivity index (χ3v) is 1.98. The largest absolute Gasteiger partial charge is 0.460 e. The zero-order valence-electron chi connectivity index (χ0n) is 8.23. The van der Waals surface area contributed by atoms with E-state index < -0.39 is 0 Å². The van der Waals surface area contributed by atoms with Gasteiger partial charge >= 0.3 is 5.97 Å². The highest BCUT2D eigenvalue weighted by Crippen LogP contribution is 2.14. The molecule has 0 bridgehead atoms. The first-order chi connectivity index (χ1) is 7.24. The summed E-state index contributed by atoms with van der Waals surface area (Å²) in [4.78, 5) is 11.2. The molecule has 15 heavy (non-hydrogen) atoms. The number of para-hydroxylation sites is 1. The third kappa shape index (κ3) is 4.04. The molecule has 0 N–H and O–H groups in total. The number of anilines is 1. The van der Waals surface area contributed by atoms with Crippen molar-refractivity contribution < 1.29 is 9.53 Å². The summed E-state index contributed by atoms with van der Waals surface area (Å²) in [5.74, 6) is -0.381. The fraction of sp³-hybridized carbons (Fsp3) is 0.182. The zero-order chi connectivity index (χ0) is 11.1. The van der Waals surface area contributed by atoms with Gasteiger partial charge < -0.3 is 4.74 Å². The second-order valence-electron chi connectivity index (χ2n) is 2.83. The summed E-state index contributed by atoms with van der Waals surface area (Å²) in [5, 5.41) is 0. The van der Waals surface area contributed by atoms with Crippen molar-refractivity contribution in [1.29, 1.82) is 0 Å². The minimum atomic E-state index is -0.381. The number of rotatable bonds is 5. The molecule has 1 aromatic rings. The number of carbonyl (C=O) groups excluding carboxylic acids is 1. The van der Waals surface area contributed by atoms with Crippen LogP contribution >= 0.6 is 11.8 Å². The molecule has 0 saturated carbocycles. The molecule has 0 saturated heterocycles. The second-order valence-corrected chi connectivity index (χ2v) is 3.24. The Balaban J connectivity index is 2.45. The number of esters is 1. The van der Waals surface area contributed by atoms with Crippen molar-refractivity contribution in [2.24, 2.45) is 0 Å². The van der Waals surface area contributed by atoms with Crippen LogP contribution in [0.15, 0.2) is 43.0 Å². The quantitative estimate of drug-likeness (QED) is 0.438. The molecule has 1 rings (SSSR count). The number of ether oxygens (including phenoxy) is 1. The Morgan fingerprint density at radius 2 is 2.13 bits per heavy atom. The monoisotopic (exact) mass is 225 g/mol. The number of hydrogen-bond acceptors (Lipinski definition) is 3. The standard InChI is InChI=1S/C11H12ClNO2/c1-2-8-15-11(14)9-13(12)10-6-4-3-5-7-10/h2-7H,1,8-9H2. The Morgan fingerprint density at radius 1 is 1.47 bits per heavy atom. The maximum atomic E-state index is 11.2. The van der Waals surface area contributed by atoms with Crippen molar-refractivity contribution in [3.05, 3.63) is 43.0 Å². The Kier molecular flexibility index (Phi) is 4.71. The molecule has 0 unspecified atom stereocenters. The van der Waals surface area contributed by atoms with Crippen LogP contribution in [-0.2, 0) is 9.53 Å². The van der Waals surface area contributed by atoms with Crippen LogP contribution in [0.25, 0.3) is 0 Å². The van der Waals surface area contributed by atoms with Crippen LogP contribution in [0.5, 0.6) is 0 Å². The topological polar surface area (TPSA) is 29.5 Å². The molecule has 0 radical (unpaired) electrons. The van der Waals surface area contributed by atoms with E-state index in [1.165, 1.54) is 10.5 Å². The lowest BCUT2D eigenvalue weighted by atomic mass is 10.3. The maximum absolute atomic E-state index is 11.2. The van der Waals surface area contributed by atoms with Crippen LogP contribution in [0.2, 0.25) is 0 Å². The highest BCUT2D eigenvalue weighted by Gasteiger charge is 2.09. The van der Waals surface area contributed by atoms with Crippen molar-refractivity contribution in [3.63, 3.8) is 0 Å². The van der Waals surface area contributed by atoms with Crippen LogP contribution in [-0.4, -0.2) is 19.1 Å². The smallest absolute Gasteiger partial charge is 0.327 e. The summed E-state index contributed by atoms with van der Waals surface area (Å²) < 4.78 is 6.11. The minimum absolute atomic E-state index is 0.0133. The number of benzene rings is 1. The van der Waals surface area contributed by atoms with Gasteiger partial charge in [0.2, 0.25) is 0 Å². The van der Waals surface area contributed by atoms with E-state index in [1.54, 1.807) is 0 Å². The van der Waals surface area contributed by atoms with Gasteiger partial charge in [0, 0.05) is 11.8 Å². The van der Waals surface area contributed by atoms with Crippen LogP contribution in [0.4, 0.5) is 5.69 Å². The van der Waals surface area contributed by atoms with E-state index in [0.29, 0.717) is 0 Å². The van der Waals surface area contributed by atoms with Gasteiger partial charge in [-0.3, -0.25) is 9.21 Å². The number of nitrogens with zero attached hydrogens (tertiary/aromatic N) is 1. The van der Waals surface area contributed by atoms with Crippen molar-refractivity contribution >= 4 is 23.4 Å². The molecule has 0 atom stereocenters. The van der Waals surface area contributed by atoms with Gasteiger partial charge in [0.15, 0.2) is 0 Å². The average Bonchev–Trinajstić information content (AvgIpc) is 2.27. The molecular weight excluding hydrogens is 214 g/mol. The number of halogens is 1. The molecule has 0 heterocycles. The fourth-order valence-electron chi connectivity index (χ4n) is 0.992. The van der Waals surface area contributed by atoms with E-state index in [0.717, 1.165) is 5.69 Å². The summed E-state index contributed by atoms with van der Waals surface area (Å²) in [7, 11) is 0. The summed E-state index contributed by atoms with van der Waals surface area (Å²) in [5.41, 5.74) is 0.759. The molecule has 0 fully saturated rings. The Labute approximate surface area is 94.0 Å². The van der Waals surface area contributed by atoms with Gasteiger partial charge in [-0.2, -0.15) is 0 Å². The first-order valence-electron chi connectivity index (χ1n) is 4.49. The van der Waals surface area contributed by atoms with Crippen molar-refractivity contribution in [1.82, 2.24) is 0 Å². The van der Waals surface area contributed by atoms with Crippen LogP contribution in [0, 0.1) is 0 Å². The Morgan fingerprint density at radius 3 is 2.73 bits per heavy atom. The normalized spacial score (nSPS) is 9.40. The SMILES string of the molecule is C=CCOC(=O)CN(Cl)c1ccccc1. The molecule has 0 aromatic heterocycles. The van der Waals surface area contributed by atoms with Gasteiger partial charge in [-0.15, -0.1) is 0 Å². The van der Waals surface area contributed by atoms with E-state index in [4.69, 9.17) is 16.5 Å². The first-order valence-corrected chi connectivity index (χ1v) is 4.82. The van der Waals surface area contributed by atoms with E-state index in [9.17, 15) is 4.79 Å². The lowest BCUT2D eigenvalue weighted by molar-refractivity contribution is -0.140. The fourth-order valence-corrected chi connectivity index (χ4v) is 1.20. The van der Waals surface area contributed by atoms with E-state index in [2.05, 4.69) is 6.58 Å². The van der Waals surface area contributed by atoms with E-state index >= 15 is 0 Å². The molecule has 3 nitrogen and oxygen atoms in total. The average molecular weight is 226 g/mol. The van der Waals surface area contributed by atoms with Crippen molar-refractivity contribution in [2.75, 3.05) is 17.6 Å². The Bertz CT molecular complexity index is 327. The second kappa shape index (κ2) is 6.09. The summed E-state index contributed by atoms with van der Waals surface area (Å²) in [6, 6.07) is 9.20. The molecule has 80 valence electrons. The van der Waals surface area contributed by atoms with Crippen LogP contribution in [0.3, 0.4) is 0 Å². The summed E-state index contributed by atoms with van der Waals surface area (Å²) >= 11 is 5.89. The Hall–Kier alpha value is -1.48. The highest BCUT2D eigenvalue weighted by molar-refractivity contribution is 6.26. The van der Waals surface area contributed by atoms with Crippen LogP contribution < -0.4 is 4.42 Å². The predicted octanol–water partition coefficient (Wildman–Crippen LogP) is 2.38. The number of carbonyl (C=O) groups is 1. The highest BCUT2D eigenvalue weighted by atomic mass is 35.5. The molecule has 0 aliphatic heterocycles. The van der Waals surface area contributed by atoms with Crippen molar-refractivity contribution in [3.8, 4) is 0 Å². The van der Waals surface area contributed by atoms with Gasteiger partial charge in [-0.25, -0.2) is 0 Å². The first kappa shape index (κ1) is 11.6. The zero-order valence-corrected chi connectivity index (χ0v) is 8.98. The maximum Gasteiger partial charge on any atom is 0.327 e. The van der Waals surface area contributed by atoms with E-state index in [1.807, 2.05) is 30.3 Å². The molecule has 0 spiro atoms. The van der Waals surface area contributed by atoms with Gasteiger partial charge in [-0.1, -0.05) is 30.9 Å². The minimum Gasteiger partial charge on any atom is -0.460 e. The summed E-state index contributed by atoms with van der Waals surface area (Å²) in [6.45, 7) is 3.67. The molecule has 0 aliphatic rings. The summed E-state index contributed by atoms with van der Waals surface area (Å²) in [6.07, 6.45) is 1.51. The lowest BCUT2D eigenvalue weighted by Gasteiger charge is -2.14. The molecular formula is C11H12ClNO2. The van der Waals surface area contributed by atoms with Gasteiger partial charge in [-0.05, 0) is 12.1 Å². The van der Waals surface area contributed by atoms with Gasteiger partial charge in [0.25, 0.3) is 0 Å². The molecule has 0 aliphatic carbocycles. The number of hydrogen-bond donors (Lipinski definition) is 0. The van der Waals surface area contributed by atoms with Gasteiger partial charge in [0.1, 0.15) is 13.2 Å². The van der Waals surface area contributed by atoms with Crippen LogP contribution in [0.1, 0.15) is 0 Å². The predicted molar refractivity (Wildman–Crippen MR) is 60.8 cm³/mol. The lowest BCUT2D eigenvalue weighted by Crippen LogP contribution is -2.22. The molecule has 4 heteroatoms. The molecule has 1 aromatic carbocycles. The van der Waals surface area contributed by atoms with E-state index in [-0.39, 0.29) is 19.1 Å².